The number of nitrogens with two attached hydrogens (primary N) is 1. The highest BCUT2D eigenvalue weighted by Gasteiger charge is 2.18. The molecule has 0 radical (unpaired) electrons. The van der Waals surface area contributed by atoms with E-state index < -0.39 is 0 Å². The number of nitrogens with one attached hydrogen (secondary N) is 1. The molecule has 0 aliphatic carbocycles. The van der Waals surface area contributed by atoms with Gasteiger partial charge in [0.25, 0.3) is 5.91 Å². The van der Waals surface area contributed by atoms with Crippen LogP contribution < -0.4 is 11.1 Å². The molecule has 5 aromatic carbocycles. The van der Waals surface area contributed by atoms with Gasteiger partial charge in [0.05, 0.1) is 21.1 Å². The van der Waals surface area contributed by atoms with E-state index in [-0.39, 0.29) is 5.91 Å². The summed E-state index contributed by atoms with van der Waals surface area (Å²) in [5.41, 5.74) is 14.4. The van der Waals surface area contributed by atoms with Gasteiger partial charge in [0.1, 0.15) is 0 Å². The molecule has 2 heterocycles. The second kappa shape index (κ2) is 12.1. The minimum atomic E-state index is -0.213. The number of aromatic nitrogens is 2. The molecule has 2 aromatic heterocycles. The van der Waals surface area contributed by atoms with Crippen LogP contribution in [0.5, 0.6) is 0 Å². The van der Waals surface area contributed by atoms with Crippen molar-refractivity contribution in [1.82, 2.24) is 9.97 Å². The molecule has 0 aliphatic heterocycles. The lowest BCUT2D eigenvalue weighted by Gasteiger charge is -2.08. The number of amides is 1. The fourth-order valence-electron chi connectivity index (χ4n) is 5.12. The van der Waals surface area contributed by atoms with Crippen molar-refractivity contribution in [2.45, 2.75) is 0 Å². The molecule has 5 nitrogen and oxygen atoms in total. The topological polar surface area (TPSA) is 80.9 Å². The average Bonchev–Trinajstić information content (AvgIpc) is 3.70. The number of hydrogen-bond donors (Lipinski definition) is 2. The molecular formula is C37H26N4OS2. The van der Waals surface area contributed by atoms with Crippen molar-refractivity contribution in [2.75, 3.05) is 11.1 Å². The van der Waals surface area contributed by atoms with E-state index in [4.69, 9.17) is 10.7 Å². The molecule has 0 unspecified atom stereocenters. The Labute approximate surface area is 263 Å². The maximum atomic E-state index is 13.5. The van der Waals surface area contributed by atoms with Crippen molar-refractivity contribution in [2.24, 2.45) is 0 Å². The summed E-state index contributed by atoms with van der Waals surface area (Å²) in [4.78, 5) is 25.1. The van der Waals surface area contributed by atoms with Gasteiger partial charge in [0.2, 0.25) is 0 Å². The van der Waals surface area contributed by atoms with Crippen LogP contribution in [0, 0.1) is 0 Å². The first kappa shape index (κ1) is 27.5. The Bertz CT molecular complexity index is 2010. The van der Waals surface area contributed by atoms with Crippen LogP contribution in [0.15, 0.2) is 140 Å². The van der Waals surface area contributed by atoms with E-state index >= 15 is 0 Å². The van der Waals surface area contributed by atoms with Gasteiger partial charge >= 0.3 is 0 Å². The van der Waals surface area contributed by atoms with Gasteiger partial charge in [0.15, 0.2) is 10.3 Å². The number of nitrogen functional groups attached to an aromatic ring is 1. The number of benzene rings is 5. The fourth-order valence-corrected chi connectivity index (χ4v) is 6.97. The predicted octanol–water partition coefficient (Wildman–Crippen LogP) is 9.77. The minimum absolute atomic E-state index is 0.213. The Morgan fingerprint density at radius 1 is 0.523 bits per heavy atom. The van der Waals surface area contributed by atoms with Gasteiger partial charge in [-0.2, -0.15) is 0 Å². The van der Waals surface area contributed by atoms with Crippen LogP contribution in [0.1, 0.15) is 10.4 Å². The van der Waals surface area contributed by atoms with Gasteiger partial charge in [-0.1, -0.05) is 144 Å². The zero-order chi connectivity index (χ0) is 29.9. The summed E-state index contributed by atoms with van der Waals surface area (Å²) in [7, 11) is 0. The number of hydrogen-bond acceptors (Lipinski definition) is 6. The van der Waals surface area contributed by atoms with E-state index in [9.17, 15) is 4.79 Å². The van der Waals surface area contributed by atoms with Gasteiger partial charge in [0, 0.05) is 16.7 Å². The summed E-state index contributed by atoms with van der Waals surface area (Å²) in [6, 6.07) is 46.1. The van der Waals surface area contributed by atoms with Crippen LogP contribution in [0.4, 0.5) is 10.3 Å². The van der Waals surface area contributed by atoms with Gasteiger partial charge in [-0.15, -0.1) is 0 Å². The largest absolute Gasteiger partial charge is 0.375 e. The van der Waals surface area contributed by atoms with Crippen LogP contribution in [0.3, 0.4) is 0 Å². The molecular weight excluding hydrogens is 581 g/mol. The lowest BCUT2D eigenvalue weighted by Crippen LogP contribution is -2.11. The number of carbonyl (C=O) groups is 1. The van der Waals surface area contributed by atoms with Crippen LogP contribution in [0.2, 0.25) is 0 Å². The quantitative estimate of drug-likeness (QED) is 0.189. The highest BCUT2D eigenvalue weighted by atomic mass is 32.1. The van der Waals surface area contributed by atoms with E-state index in [0.29, 0.717) is 15.8 Å². The predicted molar refractivity (Wildman–Crippen MR) is 184 cm³/mol. The Morgan fingerprint density at radius 3 is 1.68 bits per heavy atom. The minimum Gasteiger partial charge on any atom is -0.375 e. The summed E-state index contributed by atoms with van der Waals surface area (Å²) >= 11 is 2.95. The molecule has 0 fully saturated rings. The lowest BCUT2D eigenvalue weighted by molar-refractivity contribution is 0.102. The van der Waals surface area contributed by atoms with Crippen molar-refractivity contribution < 1.29 is 4.79 Å². The Hall–Kier alpha value is -5.37. The van der Waals surface area contributed by atoms with E-state index in [1.165, 1.54) is 22.7 Å². The van der Waals surface area contributed by atoms with E-state index in [1.54, 1.807) is 0 Å². The molecule has 7 heteroatoms. The summed E-state index contributed by atoms with van der Waals surface area (Å²) in [5.74, 6) is -0.213. The standard InChI is InChI=1S/C37H26N4OS2/c38-36-39-32(33(43-36)25-14-6-2-7-15-25)29-20-10-18-27(22-29)28-19-11-21-30(23-28)35(42)41-37-40-31(24-12-4-1-5-13-24)34(44-37)26-16-8-3-9-17-26/h1-23H,(H2,38,39)(H,40,41,42). The van der Waals surface area contributed by atoms with Crippen LogP contribution in [-0.4, -0.2) is 15.9 Å². The molecule has 3 N–H and O–H groups in total. The van der Waals surface area contributed by atoms with Crippen LogP contribution in [-0.2, 0) is 0 Å². The monoisotopic (exact) mass is 606 g/mol. The third-order valence-electron chi connectivity index (χ3n) is 7.20. The van der Waals surface area contributed by atoms with Gasteiger partial charge in [-0.05, 0) is 40.5 Å². The van der Waals surface area contributed by atoms with Crippen molar-refractivity contribution in [3.63, 3.8) is 0 Å². The molecule has 0 bridgehead atoms. The molecule has 212 valence electrons. The summed E-state index contributed by atoms with van der Waals surface area (Å²) in [5, 5.41) is 4.12. The number of thiazole rings is 2. The van der Waals surface area contributed by atoms with Crippen LogP contribution in [0.25, 0.3) is 54.5 Å². The SMILES string of the molecule is Nc1nc(-c2cccc(-c3cccc(C(=O)Nc4nc(-c5ccccc5)c(-c5ccccc5)s4)c3)c2)c(-c2ccccc2)s1. The van der Waals surface area contributed by atoms with E-state index in [1.807, 2.05) is 109 Å². The van der Waals surface area contributed by atoms with Crippen molar-refractivity contribution >= 4 is 38.8 Å². The summed E-state index contributed by atoms with van der Waals surface area (Å²) in [6.45, 7) is 0. The van der Waals surface area contributed by atoms with E-state index in [0.717, 1.165) is 54.5 Å². The number of rotatable bonds is 7. The first-order chi connectivity index (χ1) is 21.6. The molecule has 0 saturated heterocycles. The van der Waals surface area contributed by atoms with Gasteiger partial charge in [-0.3, -0.25) is 10.1 Å². The first-order valence-electron chi connectivity index (χ1n) is 14.1. The van der Waals surface area contributed by atoms with Crippen LogP contribution >= 0.6 is 22.7 Å². The second-order valence-electron chi connectivity index (χ2n) is 10.1. The molecule has 7 aromatic rings. The zero-order valence-corrected chi connectivity index (χ0v) is 25.1. The smallest absolute Gasteiger partial charge is 0.257 e. The Balaban J connectivity index is 1.18. The third kappa shape index (κ3) is 5.66. The highest BCUT2D eigenvalue weighted by Crippen LogP contribution is 2.40. The summed E-state index contributed by atoms with van der Waals surface area (Å²) in [6.07, 6.45) is 0. The molecule has 7 rings (SSSR count). The van der Waals surface area contributed by atoms with Crippen molar-refractivity contribution in [1.29, 1.82) is 0 Å². The first-order valence-corrected chi connectivity index (χ1v) is 15.7. The zero-order valence-electron chi connectivity index (χ0n) is 23.5. The highest BCUT2D eigenvalue weighted by molar-refractivity contribution is 7.19. The number of carbonyl (C=O) groups excluding carboxylic acids is 1. The maximum Gasteiger partial charge on any atom is 0.257 e. The molecule has 0 spiro atoms. The third-order valence-corrected chi connectivity index (χ3v) is 9.16. The number of anilines is 2. The summed E-state index contributed by atoms with van der Waals surface area (Å²) < 4.78 is 0. The fraction of sp³-hybridized carbons (Fsp3) is 0. The molecule has 0 aliphatic rings. The lowest BCUT2D eigenvalue weighted by atomic mass is 9.99. The average molecular weight is 607 g/mol. The number of nitrogens with zero attached hydrogens (tertiary/aromatic N) is 2. The van der Waals surface area contributed by atoms with Gasteiger partial charge < -0.3 is 5.73 Å². The molecule has 0 atom stereocenters. The Morgan fingerprint density at radius 2 is 1.02 bits per heavy atom. The van der Waals surface area contributed by atoms with E-state index in [2.05, 4.69) is 40.6 Å². The molecule has 1 amide bonds. The molecule has 44 heavy (non-hydrogen) atoms. The Kier molecular flexibility index (Phi) is 7.54. The normalized spacial score (nSPS) is 10.9. The van der Waals surface area contributed by atoms with Crippen molar-refractivity contribution in [3.8, 4) is 54.5 Å². The van der Waals surface area contributed by atoms with Gasteiger partial charge in [-0.25, -0.2) is 9.97 Å². The molecule has 0 saturated carbocycles. The van der Waals surface area contributed by atoms with Crippen molar-refractivity contribution in [3.05, 3.63) is 145 Å². The second-order valence-corrected chi connectivity index (χ2v) is 12.2. The maximum absolute atomic E-state index is 13.5.